The average molecular weight is 242 g/mol. The highest BCUT2D eigenvalue weighted by Gasteiger charge is 2.16. The van der Waals surface area contributed by atoms with Gasteiger partial charge in [-0.25, -0.2) is 0 Å². The minimum Gasteiger partial charge on any atom is -0.294 e. The quantitative estimate of drug-likeness (QED) is 0.773. The van der Waals surface area contributed by atoms with Crippen molar-refractivity contribution in [1.29, 1.82) is 0 Å². The van der Waals surface area contributed by atoms with Crippen molar-refractivity contribution in [3.05, 3.63) is 41.2 Å². The molecule has 1 aromatic heterocycles. The minimum atomic E-state index is 0.0913. The van der Waals surface area contributed by atoms with Gasteiger partial charge in [-0.05, 0) is 33.3 Å². The van der Waals surface area contributed by atoms with Gasteiger partial charge >= 0.3 is 0 Å². The third-order valence-electron chi connectivity index (χ3n) is 3.26. The minimum absolute atomic E-state index is 0.0913. The van der Waals surface area contributed by atoms with Gasteiger partial charge in [0.2, 0.25) is 0 Å². The van der Waals surface area contributed by atoms with Gasteiger partial charge in [0.25, 0.3) is 0 Å². The van der Waals surface area contributed by atoms with Gasteiger partial charge in [0.1, 0.15) is 0 Å². The van der Waals surface area contributed by atoms with Crippen LogP contribution in [0.5, 0.6) is 0 Å². The Morgan fingerprint density at radius 2 is 1.94 bits per heavy atom. The molecule has 3 heteroatoms. The maximum atomic E-state index is 11.7. The molecule has 0 saturated carbocycles. The highest BCUT2D eigenvalue weighted by molar-refractivity contribution is 6.01. The van der Waals surface area contributed by atoms with E-state index in [2.05, 4.69) is 18.9 Å². The summed E-state index contributed by atoms with van der Waals surface area (Å²) in [6, 6.07) is 7.73. The number of Topliss-reactive ketones (excluding diaryl/α,β-unsaturated/α-hetero) is 1. The molecule has 2 aromatic rings. The van der Waals surface area contributed by atoms with Crippen molar-refractivity contribution in [3.63, 3.8) is 0 Å². The maximum Gasteiger partial charge on any atom is 0.160 e. The van der Waals surface area contributed by atoms with Gasteiger partial charge in [-0.3, -0.25) is 9.48 Å². The van der Waals surface area contributed by atoms with Crippen LogP contribution in [-0.2, 0) is 6.54 Å². The molecule has 0 atom stereocenters. The molecule has 0 amide bonds. The molecule has 0 spiro atoms. The predicted molar refractivity (Wildman–Crippen MR) is 72.8 cm³/mol. The Bertz CT molecular complexity index is 597. The fourth-order valence-corrected chi connectivity index (χ4v) is 2.40. The smallest absolute Gasteiger partial charge is 0.160 e. The Balaban J connectivity index is 2.69. The first-order chi connectivity index (χ1) is 8.56. The summed E-state index contributed by atoms with van der Waals surface area (Å²) >= 11 is 0. The molecule has 2 rings (SSSR count). The summed E-state index contributed by atoms with van der Waals surface area (Å²) in [5.41, 5.74) is 4.92. The van der Waals surface area contributed by atoms with E-state index in [0.29, 0.717) is 0 Å². The van der Waals surface area contributed by atoms with Crippen LogP contribution < -0.4 is 0 Å². The third kappa shape index (κ3) is 1.96. The molecule has 3 nitrogen and oxygen atoms in total. The number of rotatable bonds is 3. The van der Waals surface area contributed by atoms with Crippen LogP contribution in [0.3, 0.4) is 0 Å². The Morgan fingerprint density at radius 1 is 1.28 bits per heavy atom. The van der Waals surface area contributed by atoms with E-state index in [1.165, 1.54) is 0 Å². The van der Waals surface area contributed by atoms with Crippen LogP contribution in [-0.4, -0.2) is 15.6 Å². The van der Waals surface area contributed by atoms with E-state index in [1.54, 1.807) is 6.92 Å². The molecule has 0 aliphatic carbocycles. The Hall–Kier alpha value is -1.90. The van der Waals surface area contributed by atoms with E-state index in [0.717, 1.165) is 34.6 Å². The third-order valence-corrected chi connectivity index (χ3v) is 3.26. The lowest BCUT2D eigenvalue weighted by atomic mass is 9.96. The number of hydrogen-bond donors (Lipinski definition) is 0. The first-order valence-electron chi connectivity index (χ1n) is 6.20. The van der Waals surface area contributed by atoms with Gasteiger partial charge in [0, 0.05) is 23.4 Å². The zero-order valence-electron chi connectivity index (χ0n) is 11.3. The molecule has 1 aromatic carbocycles. The zero-order chi connectivity index (χ0) is 13.3. The fraction of sp³-hybridized carbons (Fsp3) is 0.333. The molecule has 94 valence electrons. The SMILES string of the molecule is CCn1nc(C)c(-c2ccccc2C(C)=O)c1C. The normalized spacial score (nSPS) is 10.7. The predicted octanol–water partition coefficient (Wildman–Crippen LogP) is 3.39. The van der Waals surface area contributed by atoms with Gasteiger partial charge in [-0.15, -0.1) is 0 Å². The van der Waals surface area contributed by atoms with Gasteiger partial charge in [-0.1, -0.05) is 24.3 Å². The molecule has 0 radical (unpaired) electrons. The molecular weight excluding hydrogens is 224 g/mol. The molecule has 0 N–H and O–H groups in total. The highest BCUT2D eigenvalue weighted by atomic mass is 16.1. The van der Waals surface area contributed by atoms with E-state index in [1.807, 2.05) is 35.9 Å². The Labute approximate surface area is 107 Å². The van der Waals surface area contributed by atoms with Crippen LogP contribution in [0.1, 0.15) is 35.6 Å². The highest BCUT2D eigenvalue weighted by Crippen LogP contribution is 2.30. The maximum absolute atomic E-state index is 11.7. The summed E-state index contributed by atoms with van der Waals surface area (Å²) in [5.74, 6) is 0.0913. The van der Waals surface area contributed by atoms with E-state index in [-0.39, 0.29) is 5.78 Å². The molecule has 0 aliphatic heterocycles. The molecule has 0 fully saturated rings. The number of hydrogen-bond acceptors (Lipinski definition) is 2. The second-order valence-corrected chi connectivity index (χ2v) is 4.46. The second kappa shape index (κ2) is 4.77. The van der Waals surface area contributed by atoms with Crippen molar-refractivity contribution in [3.8, 4) is 11.1 Å². The van der Waals surface area contributed by atoms with Crippen molar-refractivity contribution >= 4 is 5.78 Å². The Kier molecular flexibility index (Phi) is 3.32. The number of benzene rings is 1. The van der Waals surface area contributed by atoms with Gasteiger partial charge in [-0.2, -0.15) is 5.10 Å². The van der Waals surface area contributed by atoms with Crippen molar-refractivity contribution in [1.82, 2.24) is 9.78 Å². The summed E-state index contributed by atoms with van der Waals surface area (Å²) in [6.07, 6.45) is 0. The van der Waals surface area contributed by atoms with E-state index in [4.69, 9.17) is 0 Å². The monoisotopic (exact) mass is 242 g/mol. The summed E-state index contributed by atoms with van der Waals surface area (Å²) in [4.78, 5) is 11.7. The average Bonchev–Trinajstić information content (AvgIpc) is 2.64. The van der Waals surface area contributed by atoms with Crippen LogP contribution in [0.4, 0.5) is 0 Å². The number of carbonyl (C=O) groups excluding carboxylic acids is 1. The van der Waals surface area contributed by atoms with Crippen molar-refractivity contribution < 1.29 is 4.79 Å². The Morgan fingerprint density at radius 3 is 2.50 bits per heavy atom. The van der Waals surface area contributed by atoms with Crippen molar-refractivity contribution in [2.75, 3.05) is 0 Å². The lowest BCUT2D eigenvalue weighted by molar-refractivity contribution is 0.101. The van der Waals surface area contributed by atoms with Crippen molar-refractivity contribution in [2.24, 2.45) is 0 Å². The summed E-state index contributed by atoms with van der Waals surface area (Å²) in [6.45, 7) is 8.56. The fourth-order valence-electron chi connectivity index (χ4n) is 2.40. The molecule has 0 unspecified atom stereocenters. The molecule has 0 bridgehead atoms. The van der Waals surface area contributed by atoms with Gasteiger partial charge < -0.3 is 0 Å². The molecule has 0 saturated heterocycles. The summed E-state index contributed by atoms with van der Waals surface area (Å²) in [5, 5.41) is 4.51. The van der Waals surface area contributed by atoms with Crippen molar-refractivity contribution in [2.45, 2.75) is 34.2 Å². The van der Waals surface area contributed by atoms with E-state index >= 15 is 0 Å². The van der Waals surface area contributed by atoms with Crippen LogP contribution in [0, 0.1) is 13.8 Å². The van der Waals surface area contributed by atoms with Crippen LogP contribution in [0.15, 0.2) is 24.3 Å². The summed E-state index contributed by atoms with van der Waals surface area (Å²) < 4.78 is 1.97. The number of carbonyl (C=O) groups is 1. The van der Waals surface area contributed by atoms with Gasteiger partial charge in [0.05, 0.1) is 5.69 Å². The van der Waals surface area contributed by atoms with Crippen LogP contribution >= 0.6 is 0 Å². The molecular formula is C15H18N2O. The largest absolute Gasteiger partial charge is 0.294 e. The number of aromatic nitrogens is 2. The van der Waals surface area contributed by atoms with Crippen LogP contribution in [0.2, 0.25) is 0 Å². The molecule has 18 heavy (non-hydrogen) atoms. The first-order valence-corrected chi connectivity index (χ1v) is 6.20. The second-order valence-electron chi connectivity index (χ2n) is 4.46. The van der Waals surface area contributed by atoms with E-state index < -0.39 is 0 Å². The first kappa shape index (κ1) is 12.6. The van der Waals surface area contributed by atoms with Gasteiger partial charge in [0.15, 0.2) is 5.78 Å². The number of aryl methyl sites for hydroxylation is 2. The zero-order valence-corrected chi connectivity index (χ0v) is 11.3. The van der Waals surface area contributed by atoms with E-state index in [9.17, 15) is 4.79 Å². The molecule has 1 heterocycles. The standard InChI is InChI=1S/C15H18N2O/c1-5-17-11(3)15(10(2)16-17)14-9-7-6-8-13(14)12(4)18/h6-9H,5H2,1-4H3. The number of nitrogens with zero attached hydrogens (tertiary/aromatic N) is 2. The molecule has 0 aliphatic rings. The lowest BCUT2D eigenvalue weighted by Gasteiger charge is -2.07. The topological polar surface area (TPSA) is 34.9 Å². The number of ketones is 1. The summed E-state index contributed by atoms with van der Waals surface area (Å²) in [7, 11) is 0. The lowest BCUT2D eigenvalue weighted by Crippen LogP contribution is -2.00. The van der Waals surface area contributed by atoms with Crippen LogP contribution in [0.25, 0.3) is 11.1 Å².